The van der Waals surface area contributed by atoms with E-state index < -0.39 is 5.97 Å². The van der Waals surface area contributed by atoms with Crippen LogP contribution in [0.3, 0.4) is 0 Å². The second-order valence-electron chi connectivity index (χ2n) is 5.72. The van der Waals surface area contributed by atoms with Crippen molar-refractivity contribution in [3.63, 3.8) is 0 Å². The number of hydrogen-bond donors (Lipinski definition) is 0. The molecule has 0 saturated carbocycles. The highest BCUT2D eigenvalue weighted by Gasteiger charge is 2.26. The Balaban J connectivity index is 1.68. The Bertz CT molecular complexity index is 816. The molecule has 0 fully saturated rings. The summed E-state index contributed by atoms with van der Waals surface area (Å²) in [5.41, 5.74) is 2.25. The third kappa shape index (κ3) is 4.29. The number of fused-ring (bicyclic) bond motifs is 1. The van der Waals surface area contributed by atoms with Crippen LogP contribution in [0.4, 0.5) is 5.69 Å². The molecule has 26 heavy (non-hydrogen) atoms. The van der Waals surface area contributed by atoms with Gasteiger partial charge < -0.3 is 24.3 Å². The van der Waals surface area contributed by atoms with Crippen molar-refractivity contribution in [2.45, 2.75) is 6.61 Å². The maximum Gasteiger partial charge on any atom is 0.265 e. The molecule has 0 radical (unpaired) electrons. The first kappa shape index (κ1) is 17.7. The normalized spacial score (nSPS) is 13.5. The summed E-state index contributed by atoms with van der Waals surface area (Å²) in [7, 11) is 0. The highest BCUT2D eigenvalue weighted by Crippen LogP contribution is 2.35. The molecule has 3 rings (SSSR count). The van der Waals surface area contributed by atoms with Crippen LogP contribution in [0, 0.1) is 0 Å². The smallest absolute Gasteiger partial charge is 0.265 e. The fourth-order valence-electron chi connectivity index (χ4n) is 2.71. The first-order chi connectivity index (χ1) is 12.6. The maximum absolute atomic E-state index is 12.2. The minimum absolute atomic E-state index is 0.0954. The lowest BCUT2D eigenvalue weighted by atomic mass is 10.1. The molecular formula is C20H18NO5-. The summed E-state index contributed by atoms with van der Waals surface area (Å²) in [4.78, 5) is 24.4. The van der Waals surface area contributed by atoms with Crippen molar-refractivity contribution in [1.29, 1.82) is 0 Å². The number of carbonyl (C=O) groups excluding carboxylic acids is 2. The number of ether oxygens (including phenoxy) is 2. The van der Waals surface area contributed by atoms with Gasteiger partial charge in [0.05, 0.1) is 24.9 Å². The van der Waals surface area contributed by atoms with Crippen LogP contribution in [0.2, 0.25) is 0 Å². The number of amides is 1. The van der Waals surface area contributed by atoms with Crippen molar-refractivity contribution >= 4 is 23.6 Å². The standard InChI is InChI=1S/C20H19NO5/c22-18-14-26-20-16(9-10-19(23)24)7-4-8-17(20)21(18)11-12-25-13-15-5-2-1-3-6-15/h1-10H,11-14H2,(H,23,24)/p-1/b10-9+. The number of aliphatic carboxylic acids is 1. The molecule has 1 amide bonds. The van der Waals surface area contributed by atoms with Crippen molar-refractivity contribution in [2.75, 3.05) is 24.7 Å². The molecule has 0 aliphatic carbocycles. The van der Waals surface area contributed by atoms with Gasteiger partial charge >= 0.3 is 0 Å². The lowest BCUT2D eigenvalue weighted by Crippen LogP contribution is -2.41. The van der Waals surface area contributed by atoms with Gasteiger partial charge in [-0.3, -0.25) is 4.79 Å². The molecule has 0 bridgehead atoms. The molecule has 0 aromatic heterocycles. The van der Waals surface area contributed by atoms with Crippen molar-refractivity contribution in [3.05, 3.63) is 65.7 Å². The summed E-state index contributed by atoms with van der Waals surface area (Å²) in [6, 6.07) is 15.0. The molecule has 0 saturated heterocycles. The minimum atomic E-state index is -1.29. The third-order valence-corrected chi connectivity index (χ3v) is 3.93. The number of carbonyl (C=O) groups is 2. The van der Waals surface area contributed by atoms with Crippen LogP contribution in [0.1, 0.15) is 11.1 Å². The summed E-state index contributed by atoms with van der Waals surface area (Å²) in [6.07, 6.45) is 2.33. The van der Waals surface area contributed by atoms with Crippen LogP contribution in [0.5, 0.6) is 5.75 Å². The predicted molar refractivity (Wildman–Crippen MR) is 94.4 cm³/mol. The number of rotatable bonds is 7. The van der Waals surface area contributed by atoms with Crippen LogP contribution in [-0.2, 0) is 20.9 Å². The number of carboxylic acid groups (broad SMARTS) is 1. The van der Waals surface area contributed by atoms with Gasteiger partial charge in [0.1, 0.15) is 0 Å². The third-order valence-electron chi connectivity index (χ3n) is 3.93. The SMILES string of the molecule is O=C([O-])/C=C/c1cccc2c1OCC(=O)N2CCOCc1ccccc1. The quantitative estimate of drug-likeness (QED) is 0.556. The van der Waals surface area contributed by atoms with Crippen molar-refractivity contribution in [3.8, 4) is 5.75 Å². The zero-order chi connectivity index (χ0) is 18.4. The zero-order valence-electron chi connectivity index (χ0n) is 14.1. The largest absolute Gasteiger partial charge is 0.545 e. The summed E-state index contributed by atoms with van der Waals surface area (Å²) >= 11 is 0. The Hall–Kier alpha value is -3.12. The number of para-hydroxylation sites is 1. The Morgan fingerprint density at radius 1 is 1.19 bits per heavy atom. The van der Waals surface area contributed by atoms with Gasteiger partial charge in [0.2, 0.25) is 0 Å². The summed E-state index contributed by atoms with van der Waals surface area (Å²) in [6.45, 7) is 1.14. The monoisotopic (exact) mass is 352 g/mol. The highest BCUT2D eigenvalue weighted by atomic mass is 16.5. The van der Waals surface area contributed by atoms with Gasteiger partial charge in [0.15, 0.2) is 12.4 Å². The molecule has 1 heterocycles. The molecule has 6 nitrogen and oxygen atoms in total. The second-order valence-corrected chi connectivity index (χ2v) is 5.72. The lowest BCUT2D eigenvalue weighted by molar-refractivity contribution is -0.297. The van der Waals surface area contributed by atoms with Gasteiger partial charge in [-0.1, -0.05) is 42.5 Å². The van der Waals surface area contributed by atoms with E-state index in [0.29, 0.717) is 36.8 Å². The van der Waals surface area contributed by atoms with Gasteiger partial charge in [-0.2, -0.15) is 0 Å². The predicted octanol–water partition coefficient (Wildman–Crippen LogP) is 1.39. The van der Waals surface area contributed by atoms with Crippen molar-refractivity contribution in [1.82, 2.24) is 0 Å². The Morgan fingerprint density at radius 2 is 2.00 bits per heavy atom. The van der Waals surface area contributed by atoms with Gasteiger partial charge in [-0.05, 0) is 23.8 Å². The van der Waals surface area contributed by atoms with Crippen LogP contribution in [0.25, 0.3) is 6.08 Å². The molecule has 2 aromatic rings. The van der Waals surface area contributed by atoms with E-state index in [4.69, 9.17) is 9.47 Å². The van der Waals surface area contributed by atoms with Gasteiger partial charge in [0, 0.05) is 12.1 Å². The fourth-order valence-corrected chi connectivity index (χ4v) is 2.71. The van der Waals surface area contributed by atoms with E-state index in [0.717, 1.165) is 11.6 Å². The van der Waals surface area contributed by atoms with Crippen LogP contribution in [-0.4, -0.2) is 31.6 Å². The highest BCUT2D eigenvalue weighted by molar-refractivity contribution is 5.99. The van der Waals surface area contributed by atoms with E-state index in [-0.39, 0.29) is 12.5 Å². The average Bonchev–Trinajstić information content (AvgIpc) is 2.65. The summed E-state index contributed by atoms with van der Waals surface area (Å²) in [5.74, 6) is -0.977. The van der Waals surface area contributed by atoms with Gasteiger partial charge in [-0.15, -0.1) is 0 Å². The number of carboxylic acids is 1. The van der Waals surface area contributed by atoms with Crippen LogP contribution >= 0.6 is 0 Å². The molecule has 134 valence electrons. The first-order valence-electron chi connectivity index (χ1n) is 8.22. The molecule has 0 atom stereocenters. The zero-order valence-corrected chi connectivity index (χ0v) is 14.1. The van der Waals surface area contributed by atoms with Gasteiger partial charge in [-0.25, -0.2) is 0 Å². The molecule has 2 aromatic carbocycles. The summed E-state index contributed by atoms with van der Waals surface area (Å²) in [5, 5.41) is 10.6. The van der Waals surface area contributed by atoms with E-state index in [1.54, 1.807) is 23.1 Å². The molecule has 0 N–H and O–H groups in total. The maximum atomic E-state index is 12.2. The Kier molecular flexibility index (Phi) is 5.66. The van der Waals surface area contributed by atoms with Crippen LogP contribution < -0.4 is 14.7 Å². The van der Waals surface area contributed by atoms with Crippen LogP contribution in [0.15, 0.2) is 54.6 Å². The number of hydrogen-bond acceptors (Lipinski definition) is 5. The molecule has 0 unspecified atom stereocenters. The molecule has 1 aliphatic heterocycles. The van der Waals surface area contributed by atoms with E-state index in [2.05, 4.69) is 0 Å². The van der Waals surface area contributed by atoms with E-state index in [1.807, 2.05) is 30.3 Å². The molecule has 0 spiro atoms. The molecule has 6 heteroatoms. The van der Waals surface area contributed by atoms with E-state index >= 15 is 0 Å². The average molecular weight is 352 g/mol. The van der Waals surface area contributed by atoms with Crippen molar-refractivity contribution in [2.24, 2.45) is 0 Å². The Labute approximate surface area is 151 Å². The molecule has 1 aliphatic rings. The lowest BCUT2D eigenvalue weighted by Gasteiger charge is -2.30. The summed E-state index contributed by atoms with van der Waals surface area (Å²) < 4.78 is 11.2. The van der Waals surface area contributed by atoms with E-state index in [9.17, 15) is 14.7 Å². The van der Waals surface area contributed by atoms with Crippen molar-refractivity contribution < 1.29 is 24.2 Å². The van der Waals surface area contributed by atoms with Gasteiger partial charge in [0.25, 0.3) is 5.91 Å². The number of nitrogens with zero attached hydrogens (tertiary/aromatic N) is 1. The van der Waals surface area contributed by atoms with E-state index in [1.165, 1.54) is 6.08 Å². The topological polar surface area (TPSA) is 78.9 Å². The number of benzene rings is 2. The number of anilines is 1. The minimum Gasteiger partial charge on any atom is -0.545 e. The fraction of sp³-hybridized carbons (Fsp3) is 0.200. The second kappa shape index (κ2) is 8.31. The first-order valence-corrected chi connectivity index (χ1v) is 8.22. The Morgan fingerprint density at radius 3 is 2.77 bits per heavy atom. The molecular weight excluding hydrogens is 334 g/mol.